The fourth-order valence-electron chi connectivity index (χ4n) is 2.24. The summed E-state index contributed by atoms with van der Waals surface area (Å²) >= 11 is 0. The fraction of sp³-hybridized carbons (Fsp3) is 0.385. The Morgan fingerprint density at radius 3 is 2.85 bits per heavy atom. The van der Waals surface area contributed by atoms with E-state index in [1.807, 2.05) is 6.92 Å². The van der Waals surface area contributed by atoms with E-state index in [0.717, 1.165) is 12.2 Å². The van der Waals surface area contributed by atoms with Gasteiger partial charge in [-0.2, -0.15) is 0 Å². The number of ether oxygens (including phenoxy) is 1. The summed E-state index contributed by atoms with van der Waals surface area (Å²) in [6.45, 7) is 3.84. The molecule has 2 aromatic rings. The Kier molecular flexibility index (Phi) is 3.42. The molecule has 0 aromatic carbocycles. The summed E-state index contributed by atoms with van der Waals surface area (Å²) < 4.78 is 5.78. The summed E-state index contributed by atoms with van der Waals surface area (Å²) in [6.07, 6.45) is 3.33. The first-order valence-electron chi connectivity index (χ1n) is 6.47. The van der Waals surface area contributed by atoms with Crippen molar-refractivity contribution < 1.29 is 4.74 Å². The lowest BCUT2D eigenvalue weighted by atomic mass is 10.2. The van der Waals surface area contributed by atoms with E-state index in [0.29, 0.717) is 30.7 Å². The number of nitrogen functional groups attached to an aromatic ring is 1. The van der Waals surface area contributed by atoms with Gasteiger partial charge in [-0.3, -0.25) is 0 Å². The third-order valence-corrected chi connectivity index (χ3v) is 3.11. The molecular weight excluding hydrogens is 256 g/mol. The van der Waals surface area contributed by atoms with Crippen LogP contribution in [-0.4, -0.2) is 39.6 Å². The molecule has 0 aliphatic carbocycles. The van der Waals surface area contributed by atoms with Crippen molar-refractivity contribution in [3.05, 3.63) is 36.0 Å². The molecule has 7 nitrogen and oxygen atoms in total. The first kappa shape index (κ1) is 12.7. The van der Waals surface area contributed by atoms with Gasteiger partial charge in [-0.15, -0.1) is 0 Å². The van der Waals surface area contributed by atoms with Crippen molar-refractivity contribution in [1.29, 1.82) is 0 Å². The Bertz CT molecular complexity index is 570. The molecule has 0 radical (unpaired) electrons. The normalized spacial score (nSPS) is 19.1. The minimum atomic E-state index is -0.142. The highest BCUT2D eigenvalue weighted by Gasteiger charge is 2.25. The van der Waals surface area contributed by atoms with Gasteiger partial charge in [-0.1, -0.05) is 0 Å². The van der Waals surface area contributed by atoms with Gasteiger partial charge < -0.3 is 15.4 Å². The predicted molar refractivity (Wildman–Crippen MR) is 74.1 cm³/mol. The predicted octanol–water partition coefficient (Wildman–Crippen LogP) is 0.735. The van der Waals surface area contributed by atoms with Gasteiger partial charge in [0.15, 0.2) is 0 Å². The van der Waals surface area contributed by atoms with Gasteiger partial charge in [0.05, 0.1) is 18.8 Å². The second-order valence-corrected chi connectivity index (χ2v) is 4.62. The van der Waals surface area contributed by atoms with Crippen molar-refractivity contribution in [2.24, 2.45) is 0 Å². The van der Waals surface area contributed by atoms with Crippen molar-refractivity contribution in [3.8, 4) is 0 Å². The molecule has 0 spiro atoms. The van der Waals surface area contributed by atoms with Gasteiger partial charge in [-0.25, -0.2) is 19.9 Å². The van der Waals surface area contributed by atoms with Crippen molar-refractivity contribution >= 4 is 11.8 Å². The number of hydrogen-bond acceptors (Lipinski definition) is 7. The van der Waals surface area contributed by atoms with E-state index < -0.39 is 0 Å². The Hall–Kier alpha value is -2.28. The van der Waals surface area contributed by atoms with E-state index in [-0.39, 0.29) is 6.10 Å². The van der Waals surface area contributed by atoms with Gasteiger partial charge in [0.2, 0.25) is 5.95 Å². The molecule has 0 saturated carbocycles. The van der Waals surface area contributed by atoms with Gasteiger partial charge in [0.25, 0.3) is 0 Å². The van der Waals surface area contributed by atoms with Crippen LogP contribution in [0.25, 0.3) is 0 Å². The average molecular weight is 272 g/mol. The highest BCUT2D eigenvalue weighted by Crippen LogP contribution is 2.23. The fourth-order valence-corrected chi connectivity index (χ4v) is 2.24. The molecule has 3 rings (SSSR count). The molecule has 1 atom stereocenters. The number of morpholine rings is 1. The van der Waals surface area contributed by atoms with Crippen LogP contribution in [0.2, 0.25) is 0 Å². The zero-order valence-corrected chi connectivity index (χ0v) is 11.2. The zero-order valence-electron chi connectivity index (χ0n) is 11.2. The van der Waals surface area contributed by atoms with E-state index in [1.165, 1.54) is 0 Å². The Balaban J connectivity index is 1.81. The Labute approximate surface area is 116 Å². The van der Waals surface area contributed by atoms with E-state index in [4.69, 9.17) is 10.5 Å². The largest absolute Gasteiger partial charge is 0.384 e. The molecule has 0 unspecified atom stereocenters. The van der Waals surface area contributed by atoms with E-state index in [1.54, 1.807) is 24.5 Å². The van der Waals surface area contributed by atoms with E-state index in [2.05, 4.69) is 24.8 Å². The molecule has 0 amide bonds. The van der Waals surface area contributed by atoms with E-state index in [9.17, 15) is 0 Å². The maximum Gasteiger partial charge on any atom is 0.225 e. The lowest BCUT2D eigenvalue weighted by Crippen LogP contribution is -2.39. The van der Waals surface area contributed by atoms with Crippen LogP contribution in [0.3, 0.4) is 0 Å². The van der Waals surface area contributed by atoms with Crippen LogP contribution < -0.4 is 10.6 Å². The van der Waals surface area contributed by atoms with Crippen LogP contribution >= 0.6 is 0 Å². The second-order valence-electron chi connectivity index (χ2n) is 4.62. The van der Waals surface area contributed by atoms with Crippen LogP contribution in [-0.2, 0) is 4.74 Å². The standard InChI is InChI=1S/C13H16N6O/c1-9-17-10(7-12(14)18-9)11-8-19(5-6-20-11)13-15-3-2-4-16-13/h2-4,7,11H,5-6,8H2,1H3,(H2,14,17,18)/t11-/m0/s1. The number of aryl methyl sites for hydroxylation is 1. The first-order chi connectivity index (χ1) is 9.72. The number of rotatable bonds is 2. The van der Waals surface area contributed by atoms with Crippen molar-refractivity contribution in [2.75, 3.05) is 30.3 Å². The zero-order chi connectivity index (χ0) is 13.9. The lowest BCUT2D eigenvalue weighted by molar-refractivity contribution is 0.0363. The van der Waals surface area contributed by atoms with Gasteiger partial charge >= 0.3 is 0 Å². The number of aromatic nitrogens is 4. The summed E-state index contributed by atoms with van der Waals surface area (Å²) in [5, 5.41) is 0. The molecule has 1 aliphatic rings. The Morgan fingerprint density at radius 2 is 2.10 bits per heavy atom. The molecule has 0 bridgehead atoms. The molecular formula is C13H16N6O. The third-order valence-electron chi connectivity index (χ3n) is 3.11. The van der Waals surface area contributed by atoms with E-state index >= 15 is 0 Å². The van der Waals surface area contributed by atoms with Crippen molar-refractivity contribution in [1.82, 2.24) is 19.9 Å². The Morgan fingerprint density at radius 1 is 1.30 bits per heavy atom. The topological polar surface area (TPSA) is 90.1 Å². The number of nitrogens with two attached hydrogens (primary N) is 1. The van der Waals surface area contributed by atoms with Crippen LogP contribution in [0.4, 0.5) is 11.8 Å². The van der Waals surface area contributed by atoms with Crippen LogP contribution in [0, 0.1) is 6.92 Å². The molecule has 104 valence electrons. The molecule has 1 aliphatic heterocycles. The minimum Gasteiger partial charge on any atom is -0.384 e. The van der Waals surface area contributed by atoms with Crippen LogP contribution in [0.1, 0.15) is 17.6 Å². The number of nitrogens with zero attached hydrogens (tertiary/aromatic N) is 5. The SMILES string of the molecule is Cc1nc(N)cc([C@@H]2CN(c3ncccn3)CCO2)n1. The first-order valence-corrected chi connectivity index (χ1v) is 6.47. The summed E-state index contributed by atoms with van der Waals surface area (Å²) in [6, 6.07) is 3.56. The summed E-state index contributed by atoms with van der Waals surface area (Å²) in [7, 11) is 0. The highest BCUT2D eigenvalue weighted by molar-refractivity contribution is 5.34. The molecule has 1 fully saturated rings. The molecule has 2 N–H and O–H groups in total. The summed E-state index contributed by atoms with van der Waals surface area (Å²) in [5.41, 5.74) is 6.57. The molecule has 2 aromatic heterocycles. The monoisotopic (exact) mass is 272 g/mol. The molecule has 7 heteroatoms. The summed E-state index contributed by atoms with van der Waals surface area (Å²) in [5.74, 6) is 1.82. The van der Waals surface area contributed by atoms with Crippen molar-refractivity contribution in [3.63, 3.8) is 0 Å². The van der Waals surface area contributed by atoms with Crippen molar-refractivity contribution in [2.45, 2.75) is 13.0 Å². The highest BCUT2D eigenvalue weighted by atomic mass is 16.5. The second kappa shape index (κ2) is 5.38. The number of anilines is 2. The average Bonchev–Trinajstić information content (AvgIpc) is 2.47. The molecule has 3 heterocycles. The quantitative estimate of drug-likeness (QED) is 0.862. The molecule has 20 heavy (non-hydrogen) atoms. The summed E-state index contributed by atoms with van der Waals surface area (Å²) in [4.78, 5) is 19.1. The minimum absolute atomic E-state index is 0.142. The maximum absolute atomic E-state index is 5.78. The van der Waals surface area contributed by atoms with Crippen LogP contribution in [0.15, 0.2) is 24.5 Å². The maximum atomic E-state index is 5.78. The van der Waals surface area contributed by atoms with Crippen LogP contribution in [0.5, 0.6) is 0 Å². The van der Waals surface area contributed by atoms with Gasteiger partial charge in [-0.05, 0) is 13.0 Å². The third kappa shape index (κ3) is 2.67. The lowest BCUT2D eigenvalue weighted by Gasteiger charge is -2.32. The van der Waals surface area contributed by atoms with Gasteiger partial charge in [0, 0.05) is 25.0 Å². The van der Waals surface area contributed by atoms with Gasteiger partial charge in [0.1, 0.15) is 17.7 Å². The smallest absolute Gasteiger partial charge is 0.225 e. The molecule has 1 saturated heterocycles. The number of hydrogen-bond donors (Lipinski definition) is 1.